The Morgan fingerprint density at radius 3 is 2.67 bits per heavy atom. The van der Waals surface area contributed by atoms with E-state index in [2.05, 4.69) is 21.1 Å². The van der Waals surface area contributed by atoms with Crippen molar-refractivity contribution in [3.05, 3.63) is 42.4 Å². The van der Waals surface area contributed by atoms with Crippen molar-refractivity contribution in [1.82, 2.24) is 14.6 Å². The minimum Gasteiger partial charge on any atom is -0.489 e. The molecule has 3 aliphatic rings. The fraction of sp³-hybridized carbons (Fsp3) is 0.417. The van der Waals surface area contributed by atoms with Gasteiger partial charge in [0, 0.05) is 30.4 Å². The lowest BCUT2D eigenvalue weighted by molar-refractivity contribution is -0.153. The summed E-state index contributed by atoms with van der Waals surface area (Å²) in [7, 11) is 0. The van der Waals surface area contributed by atoms with Gasteiger partial charge in [-0.2, -0.15) is 10.4 Å². The number of hydrogen-bond donors (Lipinski definition) is 2. The molecule has 1 aliphatic carbocycles. The quantitative estimate of drug-likeness (QED) is 0.591. The van der Waals surface area contributed by atoms with E-state index in [9.17, 15) is 20.3 Å². The first-order valence-electron chi connectivity index (χ1n) is 10.9. The number of carboxylic acid groups (broad SMARTS) is 1. The highest BCUT2D eigenvalue weighted by Gasteiger charge is 2.50. The number of nitriles is 1. The second-order valence-electron chi connectivity index (χ2n) is 9.58. The Morgan fingerprint density at radius 1 is 1.30 bits per heavy atom. The molecule has 0 aromatic carbocycles. The molecular formula is C24H25N5O4. The van der Waals surface area contributed by atoms with Crippen molar-refractivity contribution in [2.75, 3.05) is 24.6 Å². The second-order valence-corrected chi connectivity index (χ2v) is 9.58. The Morgan fingerprint density at radius 2 is 2.06 bits per heavy atom. The summed E-state index contributed by atoms with van der Waals surface area (Å²) in [6.07, 6.45) is 5.93. The van der Waals surface area contributed by atoms with Gasteiger partial charge in [0.15, 0.2) is 0 Å². The zero-order valence-electron chi connectivity index (χ0n) is 18.5. The van der Waals surface area contributed by atoms with Gasteiger partial charge in [0.2, 0.25) is 0 Å². The number of carbonyl (C=O) groups is 1. The van der Waals surface area contributed by atoms with E-state index in [0.29, 0.717) is 29.9 Å². The summed E-state index contributed by atoms with van der Waals surface area (Å²) in [6, 6.07) is 7.88. The molecule has 2 N–H and O–H groups in total. The van der Waals surface area contributed by atoms with Crippen molar-refractivity contribution in [2.45, 2.75) is 25.9 Å². The van der Waals surface area contributed by atoms with Crippen LogP contribution in [-0.2, 0) is 4.79 Å². The molecule has 33 heavy (non-hydrogen) atoms. The maximum absolute atomic E-state index is 11.4. The lowest BCUT2D eigenvalue weighted by atomic mass is 9.61. The molecule has 2 bridgehead atoms. The molecule has 2 unspecified atom stereocenters. The molecule has 0 spiro atoms. The maximum Gasteiger partial charge on any atom is 0.307 e. The van der Waals surface area contributed by atoms with Crippen molar-refractivity contribution in [3.8, 4) is 22.9 Å². The molecule has 3 aromatic heterocycles. The predicted molar refractivity (Wildman–Crippen MR) is 120 cm³/mol. The molecular weight excluding hydrogens is 422 g/mol. The number of carboxylic acids is 1. The molecule has 2 aliphatic heterocycles. The fourth-order valence-corrected chi connectivity index (χ4v) is 4.95. The van der Waals surface area contributed by atoms with Crippen LogP contribution in [0.3, 0.4) is 0 Å². The van der Waals surface area contributed by atoms with Crippen LogP contribution in [0, 0.1) is 29.1 Å². The highest BCUT2D eigenvalue weighted by atomic mass is 16.5. The second kappa shape index (κ2) is 7.74. The number of fused-ring (bicyclic) bond motifs is 3. The van der Waals surface area contributed by atoms with Gasteiger partial charge >= 0.3 is 5.97 Å². The van der Waals surface area contributed by atoms with Gasteiger partial charge < -0.3 is 19.8 Å². The largest absolute Gasteiger partial charge is 0.489 e. The summed E-state index contributed by atoms with van der Waals surface area (Å²) in [5, 5.41) is 33.2. The Bertz CT molecular complexity index is 1240. The molecule has 0 radical (unpaired) electrons. The molecule has 0 amide bonds. The monoisotopic (exact) mass is 447 g/mol. The van der Waals surface area contributed by atoms with Crippen molar-refractivity contribution in [2.24, 2.45) is 17.8 Å². The van der Waals surface area contributed by atoms with Gasteiger partial charge in [0.1, 0.15) is 24.2 Å². The van der Waals surface area contributed by atoms with Crippen LogP contribution in [0.1, 0.15) is 25.8 Å². The maximum atomic E-state index is 11.4. The number of anilines is 1. The summed E-state index contributed by atoms with van der Waals surface area (Å²) in [5.74, 6) is 0.772. The number of nitrogens with zero attached hydrogens (tertiary/aromatic N) is 5. The minimum atomic E-state index is -0.991. The molecule has 1 saturated carbocycles. The van der Waals surface area contributed by atoms with Gasteiger partial charge in [-0.3, -0.25) is 4.79 Å². The summed E-state index contributed by atoms with van der Waals surface area (Å²) in [5.41, 5.74) is 1.67. The third-order valence-electron chi connectivity index (χ3n) is 6.50. The standard InChI is InChI=1S/C24H25N5O4/c1-24(2,32)13-33-18-6-19(22-17(7-25)9-27-29(22)12-18)14-3-4-20(26-8-14)28-10-15-5-16(11-28)21(15)23(30)31/h3-4,6,8-9,12,15-16,21,32H,5,10-11,13H2,1-2H3,(H,30,31). The van der Waals surface area contributed by atoms with Crippen LogP contribution in [0.25, 0.3) is 16.6 Å². The summed E-state index contributed by atoms with van der Waals surface area (Å²) in [4.78, 5) is 18.2. The number of aliphatic carboxylic acids is 1. The Hall–Kier alpha value is -3.64. The van der Waals surface area contributed by atoms with Gasteiger partial charge in [-0.25, -0.2) is 9.50 Å². The van der Waals surface area contributed by atoms with E-state index in [1.807, 2.05) is 18.2 Å². The zero-order chi connectivity index (χ0) is 23.3. The van der Waals surface area contributed by atoms with Gasteiger partial charge in [-0.1, -0.05) is 0 Å². The van der Waals surface area contributed by atoms with E-state index >= 15 is 0 Å². The van der Waals surface area contributed by atoms with Gasteiger partial charge in [-0.05, 0) is 50.3 Å². The molecule has 9 heteroatoms. The third-order valence-corrected chi connectivity index (χ3v) is 6.50. The first-order valence-corrected chi connectivity index (χ1v) is 10.9. The topological polar surface area (TPSA) is 124 Å². The van der Waals surface area contributed by atoms with Crippen molar-refractivity contribution >= 4 is 17.3 Å². The number of hydrogen-bond acceptors (Lipinski definition) is 7. The summed E-state index contributed by atoms with van der Waals surface area (Å²) >= 11 is 0. The molecule has 3 fully saturated rings. The van der Waals surface area contributed by atoms with Crippen molar-refractivity contribution in [3.63, 3.8) is 0 Å². The van der Waals surface area contributed by atoms with Crippen LogP contribution >= 0.6 is 0 Å². The van der Waals surface area contributed by atoms with Gasteiger partial charge in [-0.15, -0.1) is 0 Å². The first kappa shape index (κ1) is 21.2. The molecule has 170 valence electrons. The van der Waals surface area contributed by atoms with E-state index in [0.717, 1.165) is 23.4 Å². The Kier molecular flexibility index (Phi) is 4.98. The SMILES string of the molecule is CC(C)(O)COc1cc(-c2ccc(N3CC4CC(C3)C4C(=O)O)nc2)c2c(C#N)cnn2c1. The average Bonchev–Trinajstić information content (AvgIpc) is 3.19. The fourth-order valence-electron chi connectivity index (χ4n) is 4.95. The Labute approximate surface area is 190 Å². The predicted octanol–water partition coefficient (Wildman–Crippen LogP) is 2.57. The van der Waals surface area contributed by atoms with Crippen LogP contribution in [-0.4, -0.2) is 56.1 Å². The molecule has 3 aromatic rings. The van der Waals surface area contributed by atoms with E-state index in [-0.39, 0.29) is 24.4 Å². The highest BCUT2D eigenvalue weighted by Crippen LogP contribution is 2.46. The number of aliphatic hydroxyl groups is 1. The van der Waals surface area contributed by atoms with Crippen LogP contribution in [0.15, 0.2) is 36.8 Å². The van der Waals surface area contributed by atoms with E-state index in [1.165, 1.54) is 6.20 Å². The smallest absolute Gasteiger partial charge is 0.307 e. The number of pyridine rings is 2. The first-order chi connectivity index (χ1) is 15.7. The number of aromatic nitrogens is 3. The highest BCUT2D eigenvalue weighted by molar-refractivity contribution is 5.85. The summed E-state index contributed by atoms with van der Waals surface area (Å²) < 4.78 is 7.38. The molecule has 6 rings (SSSR count). The normalized spacial score (nSPS) is 22.0. The van der Waals surface area contributed by atoms with Crippen LogP contribution in [0.4, 0.5) is 5.82 Å². The Balaban J connectivity index is 1.44. The lowest BCUT2D eigenvalue weighted by Crippen LogP contribution is -2.58. The van der Waals surface area contributed by atoms with E-state index in [4.69, 9.17) is 4.74 Å². The van der Waals surface area contributed by atoms with Crippen molar-refractivity contribution < 1.29 is 19.7 Å². The average molecular weight is 447 g/mol. The number of piperidine rings is 2. The summed E-state index contributed by atoms with van der Waals surface area (Å²) in [6.45, 7) is 4.84. The zero-order valence-corrected chi connectivity index (χ0v) is 18.5. The minimum absolute atomic E-state index is 0.107. The van der Waals surface area contributed by atoms with Crippen LogP contribution in [0.5, 0.6) is 5.75 Å². The molecule has 2 atom stereocenters. The van der Waals surface area contributed by atoms with Crippen LogP contribution < -0.4 is 9.64 Å². The van der Waals surface area contributed by atoms with Crippen LogP contribution in [0.2, 0.25) is 0 Å². The number of rotatable bonds is 6. The number of ether oxygens (including phenoxy) is 1. The van der Waals surface area contributed by atoms with E-state index < -0.39 is 11.6 Å². The molecule has 5 heterocycles. The van der Waals surface area contributed by atoms with E-state index in [1.54, 1.807) is 30.8 Å². The van der Waals surface area contributed by atoms with Crippen molar-refractivity contribution in [1.29, 1.82) is 5.26 Å². The molecule has 9 nitrogen and oxygen atoms in total. The third kappa shape index (κ3) is 3.87. The van der Waals surface area contributed by atoms with Gasteiger partial charge in [0.05, 0.1) is 35.0 Å². The molecule has 2 saturated heterocycles. The van der Waals surface area contributed by atoms with Gasteiger partial charge in [0.25, 0.3) is 0 Å². The lowest BCUT2D eigenvalue weighted by Gasteiger charge is -2.52.